The van der Waals surface area contributed by atoms with E-state index in [4.69, 9.17) is 6.42 Å². The normalized spacial score (nSPS) is 35.6. The number of sulfone groups is 1. The van der Waals surface area contributed by atoms with Gasteiger partial charge in [-0.05, 0) is 6.92 Å². The van der Waals surface area contributed by atoms with Gasteiger partial charge in [-0.3, -0.25) is 0 Å². The lowest BCUT2D eigenvalue weighted by Gasteiger charge is -2.09. The second kappa shape index (κ2) is 1.86. The standard InChI is InChI=1S/C7H8O2S/c1-3-7(2)4-5-10(8,9)6-7/h1,4-5H,6H2,2H3. The summed E-state index contributed by atoms with van der Waals surface area (Å²) in [6.07, 6.45) is 6.68. The van der Waals surface area contributed by atoms with Crippen LogP contribution in [0.25, 0.3) is 0 Å². The lowest BCUT2D eigenvalue weighted by Crippen LogP contribution is -2.15. The second-order valence-electron chi connectivity index (χ2n) is 2.67. The molecule has 0 fully saturated rings. The van der Waals surface area contributed by atoms with Crippen molar-refractivity contribution in [1.29, 1.82) is 0 Å². The van der Waals surface area contributed by atoms with Gasteiger partial charge in [0.05, 0.1) is 11.2 Å². The molecule has 1 unspecified atom stereocenters. The van der Waals surface area contributed by atoms with Gasteiger partial charge in [0.15, 0.2) is 9.84 Å². The van der Waals surface area contributed by atoms with Crippen LogP contribution in [0.1, 0.15) is 6.92 Å². The molecule has 1 aliphatic rings. The Bertz CT molecular complexity index is 305. The molecule has 0 amide bonds. The Morgan fingerprint density at radius 3 is 2.50 bits per heavy atom. The fourth-order valence-corrected chi connectivity index (χ4v) is 2.48. The second-order valence-corrected chi connectivity index (χ2v) is 4.56. The number of rotatable bonds is 0. The van der Waals surface area contributed by atoms with Crippen molar-refractivity contribution in [3.8, 4) is 12.3 Å². The van der Waals surface area contributed by atoms with E-state index in [1.807, 2.05) is 0 Å². The van der Waals surface area contributed by atoms with Gasteiger partial charge in [-0.2, -0.15) is 0 Å². The van der Waals surface area contributed by atoms with Crippen molar-refractivity contribution in [1.82, 2.24) is 0 Å². The zero-order valence-corrected chi connectivity index (χ0v) is 6.48. The highest BCUT2D eigenvalue weighted by Gasteiger charge is 2.30. The van der Waals surface area contributed by atoms with Gasteiger partial charge in [-0.15, -0.1) is 6.42 Å². The van der Waals surface area contributed by atoms with Crippen molar-refractivity contribution in [3.63, 3.8) is 0 Å². The Balaban J connectivity index is 3.03. The van der Waals surface area contributed by atoms with E-state index in [0.29, 0.717) is 0 Å². The smallest absolute Gasteiger partial charge is 0.173 e. The Labute approximate surface area is 60.9 Å². The Morgan fingerprint density at radius 2 is 2.30 bits per heavy atom. The molecule has 0 spiro atoms. The van der Waals surface area contributed by atoms with Crippen LogP contribution in [0.4, 0.5) is 0 Å². The zero-order chi connectivity index (χ0) is 7.83. The van der Waals surface area contributed by atoms with Crippen LogP contribution in [0.2, 0.25) is 0 Å². The Kier molecular flexibility index (Phi) is 1.37. The highest BCUT2D eigenvalue weighted by molar-refractivity contribution is 7.94. The van der Waals surface area contributed by atoms with Gasteiger partial charge in [0.1, 0.15) is 0 Å². The number of hydrogen-bond donors (Lipinski definition) is 0. The topological polar surface area (TPSA) is 34.1 Å². The molecule has 1 rings (SSSR count). The van der Waals surface area contributed by atoms with Crippen molar-refractivity contribution in [2.24, 2.45) is 5.41 Å². The van der Waals surface area contributed by atoms with E-state index in [-0.39, 0.29) is 5.75 Å². The van der Waals surface area contributed by atoms with Gasteiger partial charge in [-0.1, -0.05) is 12.0 Å². The van der Waals surface area contributed by atoms with Gasteiger partial charge >= 0.3 is 0 Å². The largest absolute Gasteiger partial charge is 0.224 e. The highest BCUT2D eigenvalue weighted by atomic mass is 32.2. The van der Waals surface area contributed by atoms with Crippen molar-refractivity contribution < 1.29 is 8.42 Å². The van der Waals surface area contributed by atoms with Gasteiger partial charge in [0, 0.05) is 5.41 Å². The van der Waals surface area contributed by atoms with Crippen molar-refractivity contribution >= 4 is 9.84 Å². The molecule has 54 valence electrons. The third kappa shape index (κ3) is 1.22. The summed E-state index contributed by atoms with van der Waals surface area (Å²) in [7, 11) is -2.99. The molecule has 0 bridgehead atoms. The van der Waals surface area contributed by atoms with E-state index in [1.165, 1.54) is 5.41 Å². The number of allylic oxidation sites excluding steroid dienone is 1. The van der Waals surface area contributed by atoms with Crippen LogP contribution in [-0.4, -0.2) is 14.2 Å². The summed E-state index contributed by atoms with van der Waals surface area (Å²) < 4.78 is 21.6. The molecule has 0 aromatic heterocycles. The van der Waals surface area contributed by atoms with Crippen LogP contribution in [0.5, 0.6) is 0 Å². The van der Waals surface area contributed by atoms with Gasteiger partial charge in [0.2, 0.25) is 0 Å². The maximum Gasteiger partial charge on any atom is 0.173 e. The van der Waals surface area contributed by atoms with Crippen molar-refractivity contribution in [2.75, 3.05) is 5.75 Å². The third-order valence-corrected chi connectivity index (χ3v) is 3.03. The van der Waals surface area contributed by atoms with Crippen LogP contribution < -0.4 is 0 Å². The number of terminal acetylenes is 1. The van der Waals surface area contributed by atoms with Gasteiger partial charge < -0.3 is 0 Å². The monoisotopic (exact) mass is 156 g/mol. The lowest BCUT2D eigenvalue weighted by molar-refractivity contribution is 0.587. The Hall–Kier alpha value is -0.750. The average Bonchev–Trinajstić information content (AvgIpc) is 2.08. The molecule has 1 aliphatic heterocycles. The fraction of sp³-hybridized carbons (Fsp3) is 0.429. The molecule has 0 saturated carbocycles. The first-order valence-corrected chi connectivity index (χ1v) is 4.59. The summed E-state index contributed by atoms with van der Waals surface area (Å²) in [6.45, 7) is 1.73. The first-order valence-electron chi connectivity index (χ1n) is 2.87. The minimum atomic E-state index is -2.99. The van der Waals surface area contributed by atoms with Crippen LogP contribution in [0, 0.1) is 17.8 Å². The van der Waals surface area contributed by atoms with Crippen LogP contribution >= 0.6 is 0 Å². The first-order chi connectivity index (χ1) is 4.47. The van der Waals surface area contributed by atoms with E-state index in [1.54, 1.807) is 13.0 Å². The summed E-state index contributed by atoms with van der Waals surface area (Å²) >= 11 is 0. The van der Waals surface area contributed by atoms with E-state index in [2.05, 4.69) is 5.92 Å². The van der Waals surface area contributed by atoms with E-state index >= 15 is 0 Å². The predicted molar refractivity (Wildman–Crippen MR) is 39.9 cm³/mol. The van der Waals surface area contributed by atoms with E-state index in [0.717, 1.165) is 0 Å². The molecule has 1 atom stereocenters. The quantitative estimate of drug-likeness (QED) is 0.480. The molecule has 3 heteroatoms. The molecular formula is C7H8O2S. The fourth-order valence-electron chi connectivity index (χ4n) is 0.858. The summed E-state index contributed by atoms with van der Waals surface area (Å²) in [5.41, 5.74) is -0.571. The van der Waals surface area contributed by atoms with Crippen LogP contribution in [0.15, 0.2) is 11.5 Å². The van der Waals surface area contributed by atoms with E-state index < -0.39 is 15.3 Å². The lowest BCUT2D eigenvalue weighted by atomic mass is 9.96. The first kappa shape index (κ1) is 7.36. The maximum absolute atomic E-state index is 10.8. The third-order valence-electron chi connectivity index (χ3n) is 1.47. The molecular weight excluding hydrogens is 148 g/mol. The molecule has 1 heterocycles. The van der Waals surface area contributed by atoms with Crippen LogP contribution in [-0.2, 0) is 9.84 Å². The Morgan fingerprint density at radius 1 is 1.70 bits per heavy atom. The molecule has 0 saturated heterocycles. The van der Waals surface area contributed by atoms with Crippen molar-refractivity contribution in [2.45, 2.75) is 6.92 Å². The van der Waals surface area contributed by atoms with E-state index in [9.17, 15) is 8.42 Å². The SMILES string of the molecule is C#CC1(C)C=CS(=O)(=O)C1. The molecule has 10 heavy (non-hydrogen) atoms. The molecule has 2 nitrogen and oxygen atoms in total. The summed E-state index contributed by atoms with van der Waals surface area (Å²) in [4.78, 5) is 0. The van der Waals surface area contributed by atoms with Gasteiger partial charge in [0.25, 0.3) is 0 Å². The maximum atomic E-state index is 10.8. The average molecular weight is 156 g/mol. The molecule has 0 aromatic rings. The molecule has 0 aromatic carbocycles. The number of hydrogen-bond acceptors (Lipinski definition) is 2. The summed E-state index contributed by atoms with van der Waals surface area (Å²) in [6, 6.07) is 0. The van der Waals surface area contributed by atoms with Crippen LogP contribution in [0.3, 0.4) is 0 Å². The van der Waals surface area contributed by atoms with Crippen molar-refractivity contribution in [3.05, 3.63) is 11.5 Å². The summed E-state index contributed by atoms with van der Waals surface area (Å²) in [5, 5.41) is 1.19. The minimum absolute atomic E-state index is 0.0521. The minimum Gasteiger partial charge on any atom is -0.224 e. The summed E-state index contributed by atoms with van der Waals surface area (Å²) in [5.74, 6) is 2.48. The van der Waals surface area contributed by atoms with Gasteiger partial charge in [-0.25, -0.2) is 8.42 Å². The molecule has 0 N–H and O–H groups in total. The zero-order valence-electron chi connectivity index (χ0n) is 5.66. The molecule has 0 aliphatic carbocycles. The highest BCUT2D eigenvalue weighted by Crippen LogP contribution is 2.26. The predicted octanol–water partition coefficient (Wildman–Crippen LogP) is 0.568. The molecule has 0 radical (unpaired) electrons.